The zero-order valence-electron chi connectivity index (χ0n) is 12.4. The molecule has 18 heavy (non-hydrogen) atoms. The fourth-order valence-corrected chi connectivity index (χ4v) is 2.68. The molecule has 1 N–H and O–H groups in total. The Kier molecular flexibility index (Phi) is 7.02. The molecule has 0 amide bonds. The molecule has 2 atom stereocenters. The minimum atomic E-state index is 0.453. The Morgan fingerprint density at radius 3 is 2.61 bits per heavy atom. The second-order valence-electron chi connectivity index (χ2n) is 4.92. The van der Waals surface area contributed by atoms with Crippen molar-refractivity contribution in [3.63, 3.8) is 0 Å². The van der Waals surface area contributed by atoms with Crippen LogP contribution < -0.4 is 5.32 Å². The lowest BCUT2D eigenvalue weighted by atomic mass is 9.89. The van der Waals surface area contributed by atoms with Gasteiger partial charge in [0.1, 0.15) is 0 Å². The molecule has 104 valence electrons. The van der Waals surface area contributed by atoms with Crippen LogP contribution in [0.3, 0.4) is 0 Å². The highest BCUT2D eigenvalue weighted by atomic mass is 15.3. The topological polar surface area (TPSA) is 29.9 Å². The SMILES string of the molecule is CCCCC(CC)C(NCC)c1ccnn1CC. The van der Waals surface area contributed by atoms with E-state index in [4.69, 9.17) is 0 Å². The minimum absolute atomic E-state index is 0.453. The van der Waals surface area contributed by atoms with Gasteiger partial charge in [0.05, 0.1) is 11.7 Å². The van der Waals surface area contributed by atoms with E-state index in [0.29, 0.717) is 12.0 Å². The number of aryl methyl sites for hydroxylation is 1. The van der Waals surface area contributed by atoms with Gasteiger partial charge in [0.2, 0.25) is 0 Å². The Bertz CT molecular complexity index is 319. The Morgan fingerprint density at radius 1 is 1.28 bits per heavy atom. The van der Waals surface area contributed by atoms with Gasteiger partial charge in [-0.1, -0.05) is 40.0 Å². The quantitative estimate of drug-likeness (QED) is 0.724. The summed E-state index contributed by atoms with van der Waals surface area (Å²) in [5.41, 5.74) is 1.35. The van der Waals surface area contributed by atoms with Gasteiger partial charge in [-0.05, 0) is 31.9 Å². The van der Waals surface area contributed by atoms with Crippen LogP contribution in [0.1, 0.15) is 65.1 Å². The van der Waals surface area contributed by atoms with Gasteiger partial charge < -0.3 is 5.32 Å². The molecule has 3 heteroatoms. The van der Waals surface area contributed by atoms with Crippen molar-refractivity contribution >= 4 is 0 Å². The average Bonchev–Trinajstić information content (AvgIpc) is 2.86. The molecule has 0 saturated heterocycles. The van der Waals surface area contributed by atoms with Crippen molar-refractivity contribution in [3.05, 3.63) is 18.0 Å². The molecular formula is C15H29N3. The van der Waals surface area contributed by atoms with Crippen LogP contribution in [0.4, 0.5) is 0 Å². The fraction of sp³-hybridized carbons (Fsp3) is 0.800. The highest BCUT2D eigenvalue weighted by molar-refractivity contribution is 5.08. The summed E-state index contributed by atoms with van der Waals surface area (Å²) in [6.45, 7) is 10.9. The first-order valence-electron chi connectivity index (χ1n) is 7.53. The zero-order valence-corrected chi connectivity index (χ0v) is 12.4. The van der Waals surface area contributed by atoms with Crippen molar-refractivity contribution in [3.8, 4) is 0 Å². The Hall–Kier alpha value is -0.830. The van der Waals surface area contributed by atoms with E-state index in [1.165, 1.54) is 31.4 Å². The van der Waals surface area contributed by atoms with Crippen LogP contribution in [-0.2, 0) is 6.54 Å². The van der Waals surface area contributed by atoms with Gasteiger partial charge in [0.15, 0.2) is 0 Å². The monoisotopic (exact) mass is 251 g/mol. The molecule has 0 aliphatic rings. The maximum Gasteiger partial charge on any atom is 0.0556 e. The van der Waals surface area contributed by atoms with Crippen molar-refractivity contribution in [1.29, 1.82) is 0 Å². The minimum Gasteiger partial charge on any atom is -0.309 e. The largest absolute Gasteiger partial charge is 0.309 e. The van der Waals surface area contributed by atoms with Gasteiger partial charge in [0.25, 0.3) is 0 Å². The number of hydrogen-bond acceptors (Lipinski definition) is 2. The summed E-state index contributed by atoms with van der Waals surface area (Å²) in [6, 6.07) is 2.62. The van der Waals surface area contributed by atoms with Gasteiger partial charge in [-0.15, -0.1) is 0 Å². The molecule has 1 aromatic rings. The lowest BCUT2D eigenvalue weighted by molar-refractivity contribution is 0.312. The average molecular weight is 251 g/mol. The summed E-state index contributed by atoms with van der Waals surface area (Å²) in [5.74, 6) is 0.715. The van der Waals surface area contributed by atoms with Crippen LogP contribution >= 0.6 is 0 Å². The van der Waals surface area contributed by atoms with Crippen LogP contribution in [0.25, 0.3) is 0 Å². The van der Waals surface area contributed by atoms with Crippen molar-refractivity contribution in [2.24, 2.45) is 5.92 Å². The molecule has 1 heterocycles. The Balaban J connectivity index is 2.85. The van der Waals surface area contributed by atoms with E-state index in [9.17, 15) is 0 Å². The third kappa shape index (κ3) is 3.84. The first-order valence-corrected chi connectivity index (χ1v) is 7.53. The van der Waals surface area contributed by atoms with Crippen LogP contribution in [0.5, 0.6) is 0 Å². The summed E-state index contributed by atoms with van der Waals surface area (Å²) in [5, 5.41) is 8.07. The molecule has 2 unspecified atom stereocenters. The van der Waals surface area contributed by atoms with Gasteiger partial charge in [-0.2, -0.15) is 5.10 Å². The summed E-state index contributed by atoms with van der Waals surface area (Å²) >= 11 is 0. The molecule has 1 rings (SSSR count). The molecule has 0 spiro atoms. The highest BCUT2D eigenvalue weighted by Gasteiger charge is 2.23. The van der Waals surface area contributed by atoms with E-state index in [1.54, 1.807) is 0 Å². The van der Waals surface area contributed by atoms with Gasteiger partial charge in [-0.25, -0.2) is 0 Å². The van der Waals surface area contributed by atoms with Crippen LogP contribution in [-0.4, -0.2) is 16.3 Å². The van der Waals surface area contributed by atoms with Gasteiger partial charge in [0, 0.05) is 12.7 Å². The molecule has 0 bridgehead atoms. The van der Waals surface area contributed by atoms with Crippen LogP contribution in [0.15, 0.2) is 12.3 Å². The predicted molar refractivity (Wildman–Crippen MR) is 77.6 cm³/mol. The van der Waals surface area contributed by atoms with Gasteiger partial charge >= 0.3 is 0 Å². The van der Waals surface area contributed by atoms with Crippen LogP contribution in [0, 0.1) is 5.92 Å². The van der Waals surface area contributed by atoms with Crippen molar-refractivity contribution in [1.82, 2.24) is 15.1 Å². The van der Waals surface area contributed by atoms with Crippen molar-refractivity contribution in [2.45, 2.75) is 66.0 Å². The first-order chi connectivity index (χ1) is 8.78. The third-order valence-electron chi connectivity index (χ3n) is 3.72. The number of hydrogen-bond donors (Lipinski definition) is 1. The highest BCUT2D eigenvalue weighted by Crippen LogP contribution is 2.28. The summed E-state index contributed by atoms with van der Waals surface area (Å²) < 4.78 is 2.13. The van der Waals surface area contributed by atoms with Crippen molar-refractivity contribution < 1.29 is 0 Å². The molecule has 0 aliphatic heterocycles. The maximum atomic E-state index is 4.41. The van der Waals surface area contributed by atoms with E-state index < -0.39 is 0 Å². The first kappa shape index (κ1) is 15.2. The molecule has 0 saturated carbocycles. The van der Waals surface area contributed by atoms with Gasteiger partial charge in [-0.3, -0.25) is 4.68 Å². The van der Waals surface area contributed by atoms with Crippen LogP contribution in [0.2, 0.25) is 0 Å². The standard InChI is InChI=1S/C15H29N3/c1-5-9-10-13(6-2)15(16-7-3)14-11-12-17-18(14)8-4/h11-13,15-16H,5-10H2,1-4H3. The van der Waals surface area contributed by atoms with E-state index in [2.05, 4.69) is 48.9 Å². The van der Waals surface area contributed by atoms with E-state index in [-0.39, 0.29) is 0 Å². The zero-order chi connectivity index (χ0) is 13.4. The molecular weight excluding hydrogens is 222 g/mol. The Labute approximate surface area is 112 Å². The Morgan fingerprint density at radius 2 is 2.06 bits per heavy atom. The number of aromatic nitrogens is 2. The molecule has 0 aromatic carbocycles. The molecule has 0 fully saturated rings. The van der Waals surface area contributed by atoms with E-state index >= 15 is 0 Å². The number of nitrogens with zero attached hydrogens (tertiary/aromatic N) is 2. The normalized spacial score (nSPS) is 14.7. The predicted octanol–water partition coefficient (Wildman–Crippen LogP) is 3.77. The second-order valence-corrected chi connectivity index (χ2v) is 4.92. The van der Waals surface area contributed by atoms with E-state index in [0.717, 1.165) is 13.1 Å². The molecule has 0 radical (unpaired) electrons. The lowest BCUT2D eigenvalue weighted by Gasteiger charge is -2.27. The number of unbranched alkanes of at least 4 members (excludes halogenated alkanes) is 1. The maximum absolute atomic E-state index is 4.41. The lowest BCUT2D eigenvalue weighted by Crippen LogP contribution is -2.30. The van der Waals surface area contributed by atoms with E-state index in [1.807, 2.05) is 6.20 Å². The smallest absolute Gasteiger partial charge is 0.0556 e. The number of rotatable bonds is 9. The second kappa shape index (κ2) is 8.30. The van der Waals surface area contributed by atoms with Crippen molar-refractivity contribution in [2.75, 3.05) is 6.54 Å². The molecule has 0 aliphatic carbocycles. The fourth-order valence-electron chi connectivity index (χ4n) is 2.68. The third-order valence-corrected chi connectivity index (χ3v) is 3.72. The summed E-state index contributed by atoms with van der Waals surface area (Å²) in [7, 11) is 0. The summed E-state index contributed by atoms with van der Waals surface area (Å²) in [4.78, 5) is 0. The molecule has 3 nitrogen and oxygen atoms in total. The molecule has 1 aromatic heterocycles. The number of nitrogens with one attached hydrogen (secondary N) is 1. The summed E-state index contributed by atoms with van der Waals surface area (Å²) in [6.07, 6.45) is 7.06.